The molecule has 0 radical (unpaired) electrons. The lowest BCUT2D eigenvalue weighted by atomic mass is 10.3. The summed E-state index contributed by atoms with van der Waals surface area (Å²) < 4.78 is 0. The first kappa shape index (κ1) is 6.59. The SMILES string of the molecule is CCC1=NCCCCN1. The Bertz CT molecular complexity index is 107. The normalized spacial score (nSPS) is 19.9. The van der Waals surface area contributed by atoms with E-state index >= 15 is 0 Å². The van der Waals surface area contributed by atoms with Crippen molar-refractivity contribution in [1.29, 1.82) is 0 Å². The monoisotopic (exact) mass is 126 g/mol. The largest absolute Gasteiger partial charge is 0.374 e. The zero-order chi connectivity index (χ0) is 6.53. The van der Waals surface area contributed by atoms with Crippen molar-refractivity contribution < 1.29 is 0 Å². The van der Waals surface area contributed by atoms with Crippen molar-refractivity contribution >= 4 is 5.84 Å². The van der Waals surface area contributed by atoms with Crippen LogP contribution in [0.2, 0.25) is 0 Å². The summed E-state index contributed by atoms with van der Waals surface area (Å²) in [7, 11) is 0. The van der Waals surface area contributed by atoms with Crippen LogP contribution in [-0.2, 0) is 0 Å². The molecule has 1 rings (SSSR count). The van der Waals surface area contributed by atoms with E-state index in [4.69, 9.17) is 0 Å². The van der Waals surface area contributed by atoms with Gasteiger partial charge in [0.1, 0.15) is 0 Å². The quantitative estimate of drug-likeness (QED) is 0.560. The fourth-order valence-corrected chi connectivity index (χ4v) is 0.976. The molecule has 0 spiro atoms. The number of aliphatic imine (C=N–C) groups is 1. The summed E-state index contributed by atoms with van der Waals surface area (Å²) >= 11 is 0. The van der Waals surface area contributed by atoms with Gasteiger partial charge in [0, 0.05) is 19.5 Å². The Kier molecular flexibility index (Phi) is 2.55. The van der Waals surface area contributed by atoms with Gasteiger partial charge in [-0.05, 0) is 12.8 Å². The standard InChI is InChI=1S/C7H14N2/c1-2-7-8-5-3-4-6-9-7/h2-6H2,1H3,(H,8,9). The van der Waals surface area contributed by atoms with E-state index in [2.05, 4.69) is 17.2 Å². The molecular formula is C7H14N2. The zero-order valence-corrected chi connectivity index (χ0v) is 5.98. The highest BCUT2D eigenvalue weighted by molar-refractivity contribution is 5.81. The Labute approximate surface area is 56.4 Å². The van der Waals surface area contributed by atoms with Gasteiger partial charge in [-0.3, -0.25) is 4.99 Å². The third-order valence-corrected chi connectivity index (χ3v) is 1.55. The molecule has 52 valence electrons. The summed E-state index contributed by atoms with van der Waals surface area (Å²) in [6.07, 6.45) is 3.57. The molecule has 0 saturated heterocycles. The van der Waals surface area contributed by atoms with Crippen LogP contribution in [0.25, 0.3) is 0 Å². The molecule has 0 unspecified atom stereocenters. The number of hydrogen-bond acceptors (Lipinski definition) is 2. The molecule has 0 atom stereocenters. The van der Waals surface area contributed by atoms with Crippen molar-refractivity contribution in [3.63, 3.8) is 0 Å². The third kappa shape index (κ3) is 2.04. The Morgan fingerprint density at radius 1 is 1.56 bits per heavy atom. The molecule has 1 heterocycles. The Hall–Kier alpha value is -0.530. The molecule has 1 aliphatic rings. The molecular weight excluding hydrogens is 112 g/mol. The van der Waals surface area contributed by atoms with Crippen LogP contribution in [0.15, 0.2) is 4.99 Å². The highest BCUT2D eigenvalue weighted by Gasteiger charge is 1.97. The Morgan fingerprint density at radius 3 is 3.22 bits per heavy atom. The maximum atomic E-state index is 4.35. The first-order valence-electron chi connectivity index (χ1n) is 3.70. The van der Waals surface area contributed by atoms with Gasteiger partial charge in [0.25, 0.3) is 0 Å². The molecule has 0 aromatic heterocycles. The van der Waals surface area contributed by atoms with Gasteiger partial charge in [-0.15, -0.1) is 0 Å². The van der Waals surface area contributed by atoms with Crippen LogP contribution in [0, 0.1) is 0 Å². The van der Waals surface area contributed by atoms with E-state index in [0.29, 0.717) is 0 Å². The molecule has 1 N–H and O–H groups in total. The van der Waals surface area contributed by atoms with Crippen molar-refractivity contribution in [3.8, 4) is 0 Å². The lowest BCUT2D eigenvalue weighted by Crippen LogP contribution is -2.21. The molecule has 0 aromatic rings. The summed E-state index contributed by atoms with van der Waals surface area (Å²) in [5, 5.41) is 3.28. The second-order valence-electron chi connectivity index (χ2n) is 2.32. The predicted molar refractivity (Wildman–Crippen MR) is 39.8 cm³/mol. The van der Waals surface area contributed by atoms with Crippen LogP contribution in [0.5, 0.6) is 0 Å². The summed E-state index contributed by atoms with van der Waals surface area (Å²) in [6.45, 7) is 4.28. The summed E-state index contributed by atoms with van der Waals surface area (Å²) in [6, 6.07) is 0. The maximum Gasteiger partial charge on any atom is 0.0960 e. The summed E-state index contributed by atoms with van der Waals surface area (Å²) in [5.74, 6) is 1.19. The second-order valence-corrected chi connectivity index (χ2v) is 2.32. The predicted octanol–water partition coefficient (Wildman–Crippen LogP) is 1.18. The molecule has 0 aliphatic carbocycles. The number of nitrogens with one attached hydrogen (secondary N) is 1. The van der Waals surface area contributed by atoms with Crippen LogP contribution in [0.3, 0.4) is 0 Å². The molecule has 0 aromatic carbocycles. The number of hydrogen-bond donors (Lipinski definition) is 1. The van der Waals surface area contributed by atoms with E-state index in [0.717, 1.165) is 19.5 Å². The van der Waals surface area contributed by atoms with E-state index in [1.807, 2.05) is 0 Å². The van der Waals surface area contributed by atoms with Gasteiger partial charge in [-0.1, -0.05) is 6.92 Å². The van der Waals surface area contributed by atoms with E-state index in [1.165, 1.54) is 18.7 Å². The van der Waals surface area contributed by atoms with Crippen LogP contribution < -0.4 is 5.32 Å². The zero-order valence-electron chi connectivity index (χ0n) is 5.98. The fourth-order valence-electron chi connectivity index (χ4n) is 0.976. The molecule has 0 bridgehead atoms. The first-order chi connectivity index (χ1) is 4.43. The van der Waals surface area contributed by atoms with Crippen LogP contribution in [-0.4, -0.2) is 18.9 Å². The molecule has 0 fully saturated rings. The Balaban J connectivity index is 2.37. The average Bonchev–Trinajstić information content (AvgIpc) is 2.13. The molecule has 2 nitrogen and oxygen atoms in total. The number of rotatable bonds is 1. The second kappa shape index (κ2) is 3.49. The number of nitrogens with zero attached hydrogens (tertiary/aromatic N) is 1. The lowest BCUT2D eigenvalue weighted by molar-refractivity contribution is 0.748. The van der Waals surface area contributed by atoms with Gasteiger partial charge in [-0.2, -0.15) is 0 Å². The molecule has 9 heavy (non-hydrogen) atoms. The highest BCUT2D eigenvalue weighted by atomic mass is 15.0. The minimum absolute atomic E-state index is 1.02. The molecule has 0 amide bonds. The topological polar surface area (TPSA) is 24.4 Å². The summed E-state index contributed by atoms with van der Waals surface area (Å²) in [4.78, 5) is 4.35. The van der Waals surface area contributed by atoms with E-state index in [-0.39, 0.29) is 0 Å². The minimum atomic E-state index is 1.02. The third-order valence-electron chi connectivity index (χ3n) is 1.55. The minimum Gasteiger partial charge on any atom is -0.374 e. The maximum absolute atomic E-state index is 4.35. The van der Waals surface area contributed by atoms with Crippen molar-refractivity contribution in [2.24, 2.45) is 4.99 Å². The molecule has 0 saturated carbocycles. The van der Waals surface area contributed by atoms with Crippen molar-refractivity contribution in [1.82, 2.24) is 5.32 Å². The highest BCUT2D eigenvalue weighted by Crippen LogP contribution is 1.95. The van der Waals surface area contributed by atoms with Crippen LogP contribution >= 0.6 is 0 Å². The van der Waals surface area contributed by atoms with E-state index in [1.54, 1.807) is 0 Å². The molecule has 2 heteroatoms. The van der Waals surface area contributed by atoms with Gasteiger partial charge in [0.15, 0.2) is 0 Å². The lowest BCUT2D eigenvalue weighted by Gasteiger charge is -2.01. The van der Waals surface area contributed by atoms with Crippen LogP contribution in [0.4, 0.5) is 0 Å². The van der Waals surface area contributed by atoms with E-state index < -0.39 is 0 Å². The van der Waals surface area contributed by atoms with Gasteiger partial charge >= 0.3 is 0 Å². The van der Waals surface area contributed by atoms with Gasteiger partial charge in [0.2, 0.25) is 0 Å². The molecule has 1 aliphatic heterocycles. The number of amidine groups is 1. The average molecular weight is 126 g/mol. The van der Waals surface area contributed by atoms with Crippen molar-refractivity contribution in [3.05, 3.63) is 0 Å². The van der Waals surface area contributed by atoms with Gasteiger partial charge in [0.05, 0.1) is 5.84 Å². The van der Waals surface area contributed by atoms with Crippen molar-refractivity contribution in [2.75, 3.05) is 13.1 Å². The Morgan fingerprint density at radius 2 is 2.44 bits per heavy atom. The van der Waals surface area contributed by atoms with Crippen molar-refractivity contribution in [2.45, 2.75) is 26.2 Å². The van der Waals surface area contributed by atoms with Crippen LogP contribution in [0.1, 0.15) is 26.2 Å². The summed E-state index contributed by atoms with van der Waals surface area (Å²) in [5.41, 5.74) is 0. The first-order valence-corrected chi connectivity index (χ1v) is 3.70. The van der Waals surface area contributed by atoms with E-state index in [9.17, 15) is 0 Å². The smallest absolute Gasteiger partial charge is 0.0960 e. The van der Waals surface area contributed by atoms with Gasteiger partial charge < -0.3 is 5.32 Å². The van der Waals surface area contributed by atoms with Gasteiger partial charge in [-0.25, -0.2) is 0 Å². The fraction of sp³-hybridized carbons (Fsp3) is 0.857.